The lowest BCUT2D eigenvalue weighted by molar-refractivity contribution is 0.0694. The molecule has 158 valence electrons. The van der Waals surface area contributed by atoms with Crippen molar-refractivity contribution in [2.45, 2.75) is 24.9 Å². The number of aromatic nitrogens is 1. The second kappa shape index (κ2) is 6.77. The number of benzene rings is 1. The van der Waals surface area contributed by atoms with Crippen molar-refractivity contribution in [3.05, 3.63) is 64.2 Å². The average Bonchev–Trinajstić information content (AvgIpc) is 3.04. The molecule has 1 aromatic heterocycles. The van der Waals surface area contributed by atoms with Crippen molar-refractivity contribution in [3.8, 4) is 0 Å². The molecular weight excluding hydrogens is 392 g/mol. The minimum Gasteiger partial charge on any atom is -0.477 e. The summed E-state index contributed by atoms with van der Waals surface area (Å²) in [5.74, 6) is -2.08. The van der Waals surface area contributed by atoms with E-state index in [0.717, 1.165) is 12.3 Å². The lowest BCUT2D eigenvalue weighted by Gasteiger charge is -2.29. The van der Waals surface area contributed by atoms with Crippen LogP contribution in [0.3, 0.4) is 0 Å². The molecule has 2 unspecified atom stereocenters. The zero-order valence-corrected chi connectivity index (χ0v) is 16.7. The Labute approximate surface area is 171 Å². The molecule has 4 rings (SSSR count). The van der Waals surface area contributed by atoms with Gasteiger partial charge in [0.1, 0.15) is 18.1 Å². The third-order valence-corrected chi connectivity index (χ3v) is 6.06. The van der Waals surface area contributed by atoms with Crippen LogP contribution < -0.4 is 16.1 Å². The zero-order valence-electron chi connectivity index (χ0n) is 16.7. The van der Waals surface area contributed by atoms with Crippen molar-refractivity contribution >= 4 is 22.6 Å². The quantitative estimate of drug-likeness (QED) is 0.802. The Morgan fingerprint density at radius 3 is 2.73 bits per heavy atom. The number of anilines is 1. The number of carbonyl (C=O) groups is 1. The predicted octanol–water partition coefficient (Wildman–Crippen LogP) is 2.80. The highest BCUT2D eigenvalue weighted by Crippen LogP contribution is 2.36. The number of rotatable bonds is 4. The first kappa shape index (κ1) is 20.3. The van der Waals surface area contributed by atoms with Crippen molar-refractivity contribution in [2.75, 3.05) is 24.7 Å². The van der Waals surface area contributed by atoms with E-state index in [1.54, 1.807) is 13.8 Å². The molecule has 1 aliphatic carbocycles. The highest BCUT2D eigenvalue weighted by molar-refractivity contribution is 5.93. The van der Waals surface area contributed by atoms with E-state index in [2.05, 4.69) is 0 Å². The summed E-state index contributed by atoms with van der Waals surface area (Å²) < 4.78 is 30.3. The largest absolute Gasteiger partial charge is 0.477 e. The average molecular weight is 415 g/mol. The third kappa shape index (κ3) is 3.02. The molecule has 1 fully saturated rings. The molecular formula is C22H23F2N3O3. The Kier molecular flexibility index (Phi) is 4.58. The van der Waals surface area contributed by atoms with Crippen LogP contribution in [0.25, 0.3) is 10.9 Å². The van der Waals surface area contributed by atoms with Crippen LogP contribution in [0.2, 0.25) is 0 Å². The molecule has 1 aromatic carbocycles. The number of hydrogen-bond acceptors (Lipinski definition) is 4. The number of alkyl halides is 1. The van der Waals surface area contributed by atoms with Crippen molar-refractivity contribution in [1.82, 2.24) is 4.57 Å². The lowest BCUT2D eigenvalue weighted by atomic mass is 9.85. The number of carboxylic acid groups (broad SMARTS) is 1. The summed E-state index contributed by atoms with van der Waals surface area (Å²) in [5.41, 5.74) is 3.91. The first-order valence-electron chi connectivity index (χ1n) is 9.66. The van der Waals surface area contributed by atoms with Crippen molar-refractivity contribution < 1.29 is 18.7 Å². The van der Waals surface area contributed by atoms with Crippen molar-refractivity contribution in [3.63, 3.8) is 0 Å². The van der Waals surface area contributed by atoms with Gasteiger partial charge in [-0.25, -0.2) is 13.6 Å². The Balaban J connectivity index is 1.93. The molecule has 0 amide bonds. The molecule has 3 N–H and O–H groups in total. The highest BCUT2D eigenvalue weighted by Gasteiger charge is 2.42. The van der Waals surface area contributed by atoms with Crippen LogP contribution in [0.5, 0.6) is 0 Å². The zero-order chi connectivity index (χ0) is 21.8. The molecule has 2 atom stereocenters. The molecule has 2 aromatic rings. The van der Waals surface area contributed by atoms with E-state index >= 15 is 4.39 Å². The molecule has 2 aliphatic rings. The van der Waals surface area contributed by atoms with E-state index in [1.165, 1.54) is 10.6 Å². The molecule has 6 nitrogen and oxygen atoms in total. The van der Waals surface area contributed by atoms with Gasteiger partial charge in [0.15, 0.2) is 0 Å². The van der Waals surface area contributed by atoms with Gasteiger partial charge in [-0.3, -0.25) is 4.79 Å². The molecule has 2 heterocycles. The van der Waals surface area contributed by atoms with Gasteiger partial charge in [-0.2, -0.15) is 0 Å². The van der Waals surface area contributed by atoms with Gasteiger partial charge in [0, 0.05) is 30.6 Å². The summed E-state index contributed by atoms with van der Waals surface area (Å²) >= 11 is 0. The number of nitrogens with zero attached hydrogens (tertiary/aromatic N) is 2. The van der Waals surface area contributed by atoms with Crippen LogP contribution in [0, 0.1) is 11.7 Å². The fourth-order valence-electron chi connectivity index (χ4n) is 4.25. The monoisotopic (exact) mass is 415 g/mol. The maximum atomic E-state index is 15.1. The fraction of sp³-hybridized carbons (Fsp3) is 0.364. The van der Waals surface area contributed by atoms with Crippen LogP contribution in [0.1, 0.15) is 24.2 Å². The second-order valence-corrected chi connectivity index (χ2v) is 8.66. The standard InChI is InChI=1S/C22H23F2N3O3/c1-21(2,11-23)27-10-15(20(29)30)19(28)14-7-16(24)18(8-17(14)27)26-9-13-5-3-4-6-22(13,25)12-26/h3-8,10,13H,9,11-12,25H2,1-2H3,(H,29,30). The summed E-state index contributed by atoms with van der Waals surface area (Å²) in [6, 6.07) is 2.53. The fourth-order valence-corrected chi connectivity index (χ4v) is 4.25. The maximum absolute atomic E-state index is 15.1. The summed E-state index contributed by atoms with van der Waals surface area (Å²) in [4.78, 5) is 26.0. The van der Waals surface area contributed by atoms with E-state index in [-0.39, 0.29) is 22.5 Å². The van der Waals surface area contributed by atoms with Crippen molar-refractivity contribution in [1.29, 1.82) is 0 Å². The summed E-state index contributed by atoms with van der Waals surface area (Å²) in [6.07, 6.45) is 8.79. The maximum Gasteiger partial charge on any atom is 0.341 e. The lowest BCUT2D eigenvalue weighted by Crippen LogP contribution is -2.46. The van der Waals surface area contributed by atoms with Crippen LogP contribution in [0.4, 0.5) is 14.5 Å². The smallest absolute Gasteiger partial charge is 0.341 e. The van der Waals surface area contributed by atoms with Gasteiger partial charge in [0.2, 0.25) is 5.43 Å². The molecule has 0 spiro atoms. The topological polar surface area (TPSA) is 88.6 Å². The molecule has 0 radical (unpaired) electrons. The van der Waals surface area contributed by atoms with E-state index in [4.69, 9.17) is 5.73 Å². The van der Waals surface area contributed by atoms with Gasteiger partial charge in [0.05, 0.1) is 22.3 Å². The van der Waals surface area contributed by atoms with Gasteiger partial charge < -0.3 is 20.3 Å². The predicted molar refractivity (Wildman–Crippen MR) is 111 cm³/mol. The van der Waals surface area contributed by atoms with Crippen LogP contribution in [-0.4, -0.2) is 40.9 Å². The summed E-state index contributed by atoms with van der Waals surface area (Å²) in [5, 5.41) is 9.30. The minimum absolute atomic E-state index is 0.0106. The SMILES string of the molecule is CC(C)(CF)n1cc(C(=O)O)c(=O)c2cc(F)c(N3CC4C=CC=CC4(N)C3)cc21. The van der Waals surface area contributed by atoms with Crippen LogP contribution in [-0.2, 0) is 5.54 Å². The van der Waals surface area contributed by atoms with E-state index < -0.39 is 40.5 Å². The molecule has 30 heavy (non-hydrogen) atoms. The summed E-state index contributed by atoms with van der Waals surface area (Å²) in [7, 11) is 0. The van der Waals surface area contributed by atoms with Crippen molar-refractivity contribution in [2.24, 2.45) is 11.7 Å². The Morgan fingerprint density at radius 1 is 1.37 bits per heavy atom. The number of fused-ring (bicyclic) bond motifs is 2. The second-order valence-electron chi connectivity index (χ2n) is 8.66. The van der Waals surface area contributed by atoms with Gasteiger partial charge in [0.25, 0.3) is 0 Å². The number of nitrogens with two attached hydrogens (primary N) is 1. The third-order valence-electron chi connectivity index (χ3n) is 6.06. The Bertz CT molecular complexity index is 1170. The van der Waals surface area contributed by atoms with E-state index in [0.29, 0.717) is 13.1 Å². The number of allylic oxidation sites excluding steroid dienone is 2. The number of pyridine rings is 1. The molecule has 0 saturated carbocycles. The molecule has 1 aliphatic heterocycles. The minimum atomic E-state index is -1.44. The normalized spacial score (nSPS) is 23.2. The Morgan fingerprint density at radius 2 is 2.10 bits per heavy atom. The van der Waals surface area contributed by atoms with Gasteiger partial charge >= 0.3 is 5.97 Å². The molecule has 1 saturated heterocycles. The van der Waals surface area contributed by atoms with E-state index in [1.807, 2.05) is 29.2 Å². The first-order chi connectivity index (χ1) is 14.1. The number of halogens is 2. The van der Waals surface area contributed by atoms with Gasteiger partial charge in [-0.05, 0) is 26.0 Å². The van der Waals surface area contributed by atoms with E-state index in [9.17, 15) is 19.1 Å². The number of hydrogen-bond donors (Lipinski definition) is 2. The van der Waals surface area contributed by atoms with Gasteiger partial charge in [-0.1, -0.05) is 24.3 Å². The van der Waals surface area contributed by atoms with Crippen LogP contribution in [0.15, 0.2) is 47.4 Å². The highest BCUT2D eigenvalue weighted by atomic mass is 19.1. The molecule has 0 bridgehead atoms. The first-order valence-corrected chi connectivity index (χ1v) is 9.66. The number of carboxylic acids is 1. The Hall–Kier alpha value is -3.00. The summed E-state index contributed by atoms with van der Waals surface area (Å²) in [6.45, 7) is 3.24. The molecule has 8 heteroatoms. The number of aromatic carboxylic acids is 1. The van der Waals surface area contributed by atoms with Gasteiger partial charge in [-0.15, -0.1) is 0 Å². The van der Waals surface area contributed by atoms with Crippen LogP contribution >= 0.6 is 0 Å².